The number of methoxy groups -OCH3 is 1. The Labute approximate surface area is 261 Å². The van der Waals surface area contributed by atoms with Gasteiger partial charge in [-0.3, -0.25) is 24.1 Å². The van der Waals surface area contributed by atoms with Crippen molar-refractivity contribution in [2.75, 3.05) is 44.9 Å². The standard InChI is InChI=1S/C32H31N3O7S2/c1-40-18-8-4-17(5-9-18)35-30(37)25-20-14-21(26(25)31(35)38)27-24(20)23(28-29(43-27)33-32(39)44-28)16-2-6-19(7-3-16)42-15-22(36)34-10-12-41-13-11-34/h2-9,20-21,23-27H,10-15H2,1H3,(H,33,39)/t20?,21?,23-,24?,25?,26?,27?/m1/s1. The number of hydrogen-bond acceptors (Lipinski definition) is 9. The number of carbonyl (C=O) groups excluding carboxylic acids is 3. The van der Waals surface area contributed by atoms with Crippen LogP contribution in [0.5, 0.6) is 11.5 Å². The molecule has 228 valence electrons. The highest BCUT2D eigenvalue weighted by Gasteiger charge is 2.69. The zero-order valence-corrected chi connectivity index (χ0v) is 25.6. The smallest absolute Gasteiger partial charge is 0.305 e. The molecule has 3 aliphatic heterocycles. The second-order valence-corrected chi connectivity index (χ2v) is 14.2. The summed E-state index contributed by atoms with van der Waals surface area (Å²) in [5, 5.41) is 0.981. The SMILES string of the molecule is COc1ccc(N2C(=O)C3C4CC(C3C2=O)C2C4Sc3[nH]c(=O)sc3[C@@H]2c2ccc(OCC(=O)N3CCOCC3)cc2)cc1. The number of benzene rings is 2. The highest BCUT2D eigenvalue weighted by atomic mass is 32.2. The number of thioether (sulfide) groups is 1. The first-order chi connectivity index (χ1) is 21.4. The molecule has 3 aromatic rings. The maximum atomic E-state index is 14.0. The number of H-pyrrole nitrogens is 1. The first kappa shape index (κ1) is 27.9. The van der Waals surface area contributed by atoms with E-state index in [1.54, 1.807) is 48.0 Å². The summed E-state index contributed by atoms with van der Waals surface area (Å²) in [6.45, 7) is 2.18. The number of anilines is 1. The fraction of sp³-hybridized carbons (Fsp3) is 0.438. The molecule has 1 N–H and O–H groups in total. The summed E-state index contributed by atoms with van der Waals surface area (Å²) in [5.41, 5.74) is 1.62. The maximum Gasteiger partial charge on any atom is 0.305 e. The van der Waals surface area contributed by atoms with Gasteiger partial charge in [0, 0.05) is 29.1 Å². The topological polar surface area (TPSA) is 118 Å². The molecule has 0 radical (unpaired) electrons. The Morgan fingerprint density at radius 3 is 2.34 bits per heavy atom. The number of fused-ring (bicyclic) bond motifs is 9. The number of aromatic amines is 1. The van der Waals surface area contributed by atoms with Crippen molar-refractivity contribution in [1.82, 2.24) is 9.88 Å². The monoisotopic (exact) mass is 633 g/mol. The predicted octanol–water partition coefficient (Wildman–Crippen LogP) is 3.36. The van der Waals surface area contributed by atoms with Crippen LogP contribution in [0.2, 0.25) is 0 Å². The molecule has 0 spiro atoms. The van der Waals surface area contributed by atoms with Gasteiger partial charge in [0.2, 0.25) is 11.8 Å². The molecule has 2 bridgehead atoms. The first-order valence-corrected chi connectivity index (χ1v) is 16.6. The fourth-order valence-corrected chi connectivity index (χ4v) is 11.1. The minimum Gasteiger partial charge on any atom is -0.497 e. The van der Waals surface area contributed by atoms with E-state index < -0.39 is 0 Å². The molecule has 4 heterocycles. The molecule has 6 unspecified atom stereocenters. The van der Waals surface area contributed by atoms with E-state index in [1.807, 2.05) is 24.3 Å². The zero-order valence-electron chi connectivity index (χ0n) is 24.0. The highest BCUT2D eigenvalue weighted by Crippen LogP contribution is 2.68. The number of aromatic nitrogens is 1. The van der Waals surface area contributed by atoms with Gasteiger partial charge in [-0.05, 0) is 66.1 Å². The largest absolute Gasteiger partial charge is 0.497 e. The Hall–Kier alpha value is -3.61. The summed E-state index contributed by atoms with van der Waals surface area (Å²) in [6, 6.07) is 14.8. The average Bonchev–Trinajstić information content (AvgIpc) is 3.79. The lowest BCUT2D eigenvalue weighted by atomic mass is 9.68. The number of thiazole rings is 1. The lowest BCUT2D eigenvalue weighted by Gasteiger charge is -2.43. The summed E-state index contributed by atoms with van der Waals surface area (Å²) >= 11 is 2.91. The number of morpholine rings is 1. The van der Waals surface area contributed by atoms with Gasteiger partial charge in [-0.25, -0.2) is 0 Å². The number of hydrogen-bond donors (Lipinski definition) is 1. The number of carbonyl (C=O) groups is 3. The minimum atomic E-state index is -0.370. The number of nitrogens with zero attached hydrogens (tertiary/aromatic N) is 2. The van der Waals surface area contributed by atoms with Gasteiger partial charge < -0.3 is 24.1 Å². The molecule has 8 rings (SSSR count). The van der Waals surface area contributed by atoms with Gasteiger partial charge in [-0.15, -0.1) is 11.8 Å². The third-order valence-corrected chi connectivity index (χ3v) is 12.6. The van der Waals surface area contributed by atoms with E-state index in [2.05, 4.69) is 4.98 Å². The number of nitrogens with one attached hydrogen (secondary N) is 1. The molecule has 2 aromatic carbocycles. The van der Waals surface area contributed by atoms with Gasteiger partial charge in [0.05, 0.1) is 42.9 Å². The molecular weight excluding hydrogens is 603 g/mol. The van der Waals surface area contributed by atoms with Crippen LogP contribution in [0, 0.1) is 29.6 Å². The van der Waals surface area contributed by atoms with Crippen molar-refractivity contribution in [3.05, 3.63) is 68.6 Å². The van der Waals surface area contributed by atoms with E-state index in [4.69, 9.17) is 14.2 Å². The van der Waals surface area contributed by atoms with Crippen LogP contribution in [0.15, 0.2) is 58.4 Å². The number of amides is 3. The molecule has 4 fully saturated rings. The van der Waals surface area contributed by atoms with Crippen molar-refractivity contribution in [2.45, 2.75) is 22.6 Å². The molecule has 1 aromatic heterocycles. The van der Waals surface area contributed by atoms with Crippen molar-refractivity contribution in [1.29, 1.82) is 0 Å². The second-order valence-electron chi connectivity index (χ2n) is 12.0. The molecule has 2 saturated carbocycles. The van der Waals surface area contributed by atoms with Crippen molar-refractivity contribution in [3.8, 4) is 11.5 Å². The van der Waals surface area contributed by atoms with E-state index in [0.29, 0.717) is 43.5 Å². The normalized spacial score (nSPS) is 30.2. The van der Waals surface area contributed by atoms with Crippen LogP contribution in [-0.4, -0.2) is 72.9 Å². The van der Waals surface area contributed by atoms with Gasteiger partial charge in [-0.1, -0.05) is 23.5 Å². The van der Waals surface area contributed by atoms with Crippen molar-refractivity contribution in [3.63, 3.8) is 0 Å². The fourth-order valence-electron chi connectivity index (χ4n) is 8.20. The second kappa shape index (κ2) is 10.8. The molecular formula is C32H31N3O7S2. The van der Waals surface area contributed by atoms with Gasteiger partial charge in [0.1, 0.15) is 11.5 Å². The van der Waals surface area contributed by atoms with Gasteiger partial charge in [-0.2, -0.15) is 0 Å². The maximum absolute atomic E-state index is 14.0. The lowest BCUT2D eigenvalue weighted by molar-refractivity contribution is -0.137. The number of imide groups is 1. The summed E-state index contributed by atoms with van der Waals surface area (Å²) < 4.78 is 16.4. The van der Waals surface area contributed by atoms with E-state index in [-0.39, 0.29) is 70.0 Å². The van der Waals surface area contributed by atoms with Gasteiger partial charge >= 0.3 is 4.87 Å². The molecule has 5 aliphatic rings. The number of ether oxygens (including phenoxy) is 3. The molecule has 3 amide bonds. The first-order valence-electron chi connectivity index (χ1n) is 14.9. The van der Waals surface area contributed by atoms with Crippen molar-refractivity contribution >= 4 is 46.5 Å². The van der Waals surface area contributed by atoms with E-state index in [1.165, 1.54) is 16.2 Å². The van der Waals surface area contributed by atoms with E-state index in [9.17, 15) is 19.2 Å². The summed E-state index contributed by atoms with van der Waals surface area (Å²) in [4.78, 5) is 60.0. The Kier molecular flexibility index (Phi) is 6.84. The van der Waals surface area contributed by atoms with Gasteiger partial charge in [0.25, 0.3) is 5.91 Å². The van der Waals surface area contributed by atoms with E-state index >= 15 is 0 Å². The zero-order chi connectivity index (χ0) is 30.1. The molecule has 2 saturated heterocycles. The van der Waals surface area contributed by atoms with Crippen LogP contribution in [0.1, 0.15) is 22.8 Å². The Balaban J connectivity index is 1.07. The Morgan fingerprint density at radius 2 is 1.64 bits per heavy atom. The van der Waals surface area contributed by atoms with E-state index in [0.717, 1.165) is 21.9 Å². The Bertz CT molecular complexity index is 1680. The average molecular weight is 634 g/mol. The molecule has 7 atom stereocenters. The number of rotatable bonds is 6. The van der Waals surface area contributed by atoms with Crippen molar-refractivity contribution in [2.24, 2.45) is 29.6 Å². The minimum absolute atomic E-state index is 0.0274. The highest BCUT2D eigenvalue weighted by molar-refractivity contribution is 8.00. The molecule has 10 nitrogen and oxygen atoms in total. The van der Waals surface area contributed by atoms with Crippen LogP contribution >= 0.6 is 23.1 Å². The summed E-state index contributed by atoms with van der Waals surface area (Å²) in [6.07, 6.45) is 0.826. The predicted molar refractivity (Wildman–Crippen MR) is 163 cm³/mol. The lowest BCUT2D eigenvalue weighted by Crippen LogP contribution is -2.43. The van der Waals surface area contributed by atoms with Gasteiger partial charge in [0.15, 0.2) is 6.61 Å². The summed E-state index contributed by atoms with van der Waals surface area (Å²) in [5.74, 6) is 0.325. The molecule has 44 heavy (non-hydrogen) atoms. The molecule has 2 aliphatic carbocycles. The molecule has 12 heteroatoms. The Morgan fingerprint density at radius 1 is 0.955 bits per heavy atom. The third kappa shape index (κ3) is 4.33. The van der Waals surface area contributed by atoms with Crippen LogP contribution in [0.3, 0.4) is 0 Å². The van der Waals surface area contributed by atoms with Crippen LogP contribution in [-0.2, 0) is 19.1 Å². The quantitative estimate of drug-likeness (QED) is 0.411. The third-order valence-electron chi connectivity index (χ3n) is 10.0. The van der Waals surface area contributed by atoms with Crippen LogP contribution in [0.25, 0.3) is 0 Å². The summed E-state index contributed by atoms with van der Waals surface area (Å²) in [7, 11) is 1.58. The van der Waals surface area contributed by atoms with Crippen LogP contribution in [0.4, 0.5) is 5.69 Å². The van der Waals surface area contributed by atoms with Crippen LogP contribution < -0.4 is 19.2 Å². The van der Waals surface area contributed by atoms with Crippen molar-refractivity contribution < 1.29 is 28.6 Å².